The third-order valence-corrected chi connectivity index (χ3v) is 9.23. The van der Waals surface area contributed by atoms with Gasteiger partial charge >= 0.3 is 5.69 Å². The van der Waals surface area contributed by atoms with Gasteiger partial charge in [0.1, 0.15) is 37.4 Å². The first kappa shape index (κ1) is 33.7. The van der Waals surface area contributed by atoms with E-state index in [2.05, 4.69) is 62.1 Å². The summed E-state index contributed by atoms with van der Waals surface area (Å²) in [4.78, 5) is 19.1. The maximum absolute atomic E-state index is 12.8. The van der Waals surface area contributed by atoms with Crippen molar-refractivity contribution in [3.63, 3.8) is 0 Å². The molecule has 0 bridgehead atoms. The quantitative estimate of drug-likeness (QED) is 0.215. The number of ether oxygens (including phenoxy) is 4. The number of anilines is 1. The first-order chi connectivity index (χ1) is 23.4. The summed E-state index contributed by atoms with van der Waals surface area (Å²) in [5.41, 5.74) is 2.99. The first-order valence-corrected chi connectivity index (χ1v) is 16.8. The fraction of sp³-hybridized carbons (Fsp3) is 0.529. The lowest BCUT2D eigenvalue weighted by atomic mass is 10.1. The molecule has 3 saturated heterocycles. The summed E-state index contributed by atoms with van der Waals surface area (Å²) in [5.74, 6) is -0.344. The Morgan fingerprint density at radius 3 is 2.56 bits per heavy atom. The number of benzene rings is 1. The second-order valence-corrected chi connectivity index (χ2v) is 12.4. The summed E-state index contributed by atoms with van der Waals surface area (Å²) >= 11 is 0. The van der Waals surface area contributed by atoms with Crippen LogP contribution in [0.2, 0.25) is 0 Å². The molecule has 2 aromatic heterocycles. The minimum absolute atomic E-state index is 0.0672. The predicted molar refractivity (Wildman–Crippen MR) is 181 cm³/mol. The largest absolute Gasteiger partial charge is 0.491 e. The van der Waals surface area contributed by atoms with Gasteiger partial charge < -0.3 is 34.1 Å². The molecule has 48 heavy (non-hydrogen) atoms. The number of rotatable bonds is 13. The van der Waals surface area contributed by atoms with Crippen LogP contribution in [0.3, 0.4) is 0 Å². The lowest BCUT2D eigenvalue weighted by Gasteiger charge is -2.37. The molecule has 4 atom stereocenters. The molecule has 3 fully saturated rings. The number of nitrogens with one attached hydrogen (secondary N) is 1. The minimum Gasteiger partial charge on any atom is -0.491 e. The third-order valence-electron chi connectivity index (χ3n) is 9.23. The minimum atomic E-state index is -1.00. The third kappa shape index (κ3) is 7.57. The zero-order valence-corrected chi connectivity index (χ0v) is 28.1. The van der Waals surface area contributed by atoms with Gasteiger partial charge in [-0.25, -0.2) is 14.0 Å². The van der Waals surface area contributed by atoms with Crippen molar-refractivity contribution in [2.75, 3.05) is 64.0 Å². The fourth-order valence-electron chi connectivity index (χ4n) is 6.17. The molecular weight excluding hydrogens is 614 g/mol. The van der Waals surface area contributed by atoms with Gasteiger partial charge in [-0.2, -0.15) is 20.1 Å². The van der Waals surface area contributed by atoms with E-state index in [0.29, 0.717) is 38.7 Å². The molecule has 4 unspecified atom stereocenters. The molecule has 258 valence electrons. The van der Waals surface area contributed by atoms with Gasteiger partial charge in [0.05, 0.1) is 37.3 Å². The summed E-state index contributed by atoms with van der Waals surface area (Å²) in [6, 6.07) is 8.19. The molecular formula is C34H47N9O5. The lowest BCUT2D eigenvalue weighted by Crippen LogP contribution is -2.56. The van der Waals surface area contributed by atoms with E-state index in [9.17, 15) is 4.79 Å². The van der Waals surface area contributed by atoms with Crippen LogP contribution < -0.4 is 15.9 Å². The highest BCUT2D eigenvalue weighted by Crippen LogP contribution is 2.32. The zero-order valence-electron chi connectivity index (χ0n) is 28.1. The van der Waals surface area contributed by atoms with Gasteiger partial charge in [-0.05, 0) is 62.8 Å². The van der Waals surface area contributed by atoms with Crippen LogP contribution in [0, 0.1) is 0 Å². The maximum atomic E-state index is 12.8. The molecule has 3 aliphatic heterocycles. The molecule has 14 heteroatoms. The SMILES string of the molecule is C=C/C(=C\C=C(/C)N1CCN(c2ccc(-n3cnn(C(C)CC)c3=O)cc2)CC1)OCC1COC(Cn2nccn2)(C2CNCCO2)O1. The van der Waals surface area contributed by atoms with Crippen molar-refractivity contribution in [1.29, 1.82) is 0 Å². The van der Waals surface area contributed by atoms with Gasteiger partial charge in [0.15, 0.2) is 0 Å². The smallest absolute Gasteiger partial charge is 0.350 e. The molecule has 0 radical (unpaired) electrons. The van der Waals surface area contributed by atoms with Crippen LogP contribution in [0.25, 0.3) is 5.69 Å². The van der Waals surface area contributed by atoms with Crippen LogP contribution in [-0.2, 0) is 25.5 Å². The highest BCUT2D eigenvalue weighted by atomic mass is 16.8. The summed E-state index contributed by atoms with van der Waals surface area (Å²) < 4.78 is 28.0. The van der Waals surface area contributed by atoms with E-state index in [4.69, 9.17) is 18.9 Å². The molecule has 3 aliphatic rings. The molecule has 0 aliphatic carbocycles. The molecule has 0 amide bonds. The molecule has 0 spiro atoms. The molecule has 3 aromatic rings. The highest BCUT2D eigenvalue weighted by Gasteiger charge is 2.50. The number of hydrogen-bond donors (Lipinski definition) is 1. The van der Waals surface area contributed by atoms with E-state index in [1.165, 1.54) is 0 Å². The van der Waals surface area contributed by atoms with E-state index in [1.807, 2.05) is 32.1 Å². The Hall–Kier alpha value is -4.24. The fourth-order valence-corrected chi connectivity index (χ4v) is 6.17. The molecule has 5 heterocycles. The Bertz CT molecular complexity index is 1600. The number of nitrogens with zero attached hydrogens (tertiary/aromatic N) is 8. The van der Waals surface area contributed by atoms with Crippen molar-refractivity contribution in [3.05, 3.63) is 89.7 Å². The number of piperazine rings is 1. The Morgan fingerprint density at radius 2 is 1.88 bits per heavy atom. The Kier molecular flexibility index (Phi) is 10.7. The Morgan fingerprint density at radius 1 is 1.12 bits per heavy atom. The van der Waals surface area contributed by atoms with Crippen molar-refractivity contribution >= 4 is 5.69 Å². The zero-order chi connectivity index (χ0) is 33.5. The van der Waals surface area contributed by atoms with Crippen molar-refractivity contribution in [2.24, 2.45) is 0 Å². The summed E-state index contributed by atoms with van der Waals surface area (Å²) in [6.45, 7) is 16.7. The van der Waals surface area contributed by atoms with E-state index < -0.39 is 5.79 Å². The van der Waals surface area contributed by atoms with E-state index in [0.717, 1.165) is 56.2 Å². The van der Waals surface area contributed by atoms with Gasteiger partial charge in [-0.15, -0.1) is 0 Å². The van der Waals surface area contributed by atoms with Crippen molar-refractivity contribution in [3.8, 4) is 5.69 Å². The monoisotopic (exact) mass is 661 g/mol. The van der Waals surface area contributed by atoms with E-state index >= 15 is 0 Å². The second kappa shape index (κ2) is 15.3. The van der Waals surface area contributed by atoms with Crippen LogP contribution in [0.4, 0.5) is 5.69 Å². The summed E-state index contributed by atoms with van der Waals surface area (Å²) in [5, 5.41) is 16.1. The topological polar surface area (TPSA) is 126 Å². The highest BCUT2D eigenvalue weighted by molar-refractivity contribution is 5.51. The molecule has 14 nitrogen and oxygen atoms in total. The predicted octanol–water partition coefficient (Wildman–Crippen LogP) is 2.51. The van der Waals surface area contributed by atoms with Crippen molar-refractivity contribution in [2.45, 2.75) is 57.8 Å². The average molecular weight is 662 g/mol. The first-order valence-electron chi connectivity index (χ1n) is 16.8. The average Bonchev–Trinajstić information content (AvgIpc) is 3.90. The van der Waals surface area contributed by atoms with Crippen LogP contribution in [-0.4, -0.2) is 111 Å². The van der Waals surface area contributed by atoms with E-state index in [-0.39, 0.29) is 23.9 Å². The number of aromatic nitrogens is 6. The summed E-state index contributed by atoms with van der Waals surface area (Å²) in [6.07, 6.45) is 10.9. The second-order valence-electron chi connectivity index (χ2n) is 12.4. The van der Waals surface area contributed by atoms with Crippen molar-refractivity contribution in [1.82, 2.24) is 39.6 Å². The Balaban J connectivity index is 1.00. The van der Waals surface area contributed by atoms with Gasteiger partial charge in [0, 0.05) is 50.7 Å². The molecule has 0 saturated carbocycles. The lowest BCUT2D eigenvalue weighted by molar-refractivity contribution is -0.255. The standard InChI is InChI=1S/C34H47N9O5/c1-5-26(3)43-33(44)41(25-38-43)29-10-8-28(9-11-29)40-18-16-39(17-19-40)27(4)7-12-30(6-2)46-22-31-23-47-34(48-31,24-42-36-13-14-37-42)32-21-35-15-20-45-32/h6-14,25-26,31-32,35H,2,5,15-24H2,1,3-4H3/b27-7+,30-12+. The number of morpholine rings is 1. The Labute approximate surface area is 281 Å². The normalized spacial score (nSPS) is 24.6. The molecule has 1 aromatic carbocycles. The maximum Gasteiger partial charge on any atom is 0.350 e. The van der Waals surface area contributed by atoms with Crippen LogP contribution >= 0.6 is 0 Å². The number of allylic oxidation sites excluding steroid dienone is 4. The van der Waals surface area contributed by atoms with Crippen LogP contribution in [0.5, 0.6) is 0 Å². The van der Waals surface area contributed by atoms with Crippen LogP contribution in [0.1, 0.15) is 33.2 Å². The van der Waals surface area contributed by atoms with Crippen molar-refractivity contribution < 1.29 is 18.9 Å². The van der Waals surface area contributed by atoms with Gasteiger partial charge in [0.2, 0.25) is 5.79 Å². The van der Waals surface area contributed by atoms with Gasteiger partial charge in [-0.1, -0.05) is 13.5 Å². The van der Waals surface area contributed by atoms with Gasteiger partial charge in [-0.3, -0.25) is 0 Å². The van der Waals surface area contributed by atoms with Crippen LogP contribution in [0.15, 0.2) is 84.0 Å². The molecule has 6 rings (SSSR count). The number of hydrogen-bond acceptors (Lipinski definition) is 11. The van der Waals surface area contributed by atoms with E-state index in [1.54, 1.807) is 38.8 Å². The van der Waals surface area contributed by atoms with Gasteiger partial charge in [0.25, 0.3) is 0 Å². The molecule has 1 N–H and O–H groups in total. The summed E-state index contributed by atoms with van der Waals surface area (Å²) in [7, 11) is 0.